The Hall–Kier alpha value is -1.55. The van der Waals surface area contributed by atoms with Crippen molar-refractivity contribution in [3.05, 3.63) is 29.8 Å². The van der Waals surface area contributed by atoms with E-state index in [4.69, 9.17) is 5.11 Å². The van der Waals surface area contributed by atoms with E-state index in [2.05, 4.69) is 36.2 Å². The normalized spacial score (nSPS) is 23.4. The van der Waals surface area contributed by atoms with Crippen molar-refractivity contribution in [3.8, 4) is 0 Å². The van der Waals surface area contributed by atoms with Crippen LogP contribution in [0.1, 0.15) is 25.3 Å². The first kappa shape index (κ1) is 13.9. The zero-order chi connectivity index (χ0) is 13.8. The predicted octanol–water partition coefficient (Wildman–Crippen LogP) is 2.03. The molecule has 104 valence electrons. The Bertz CT molecular complexity index is 448. The molecule has 1 aliphatic rings. The second-order valence-electron chi connectivity index (χ2n) is 5.29. The van der Waals surface area contributed by atoms with E-state index in [1.54, 1.807) is 0 Å². The molecule has 2 rings (SSSR count). The Morgan fingerprint density at radius 3 is 2.84 bits per heavy atom. The van der Waals surface area contributed by atoms with Crippen molar-refractivity contribution in [2.45, 2.75) is 38.8 Å². The third-order valence-corrected chi connectivity index (χ3v) is 3.77. The quantitative estimate of drug-likeness (QED) is 0.871. The van der Waals surface area contributed by atoms with Gasteiger partial charge in [-0.2, -0.15) is 0 Å². The topological polar surface area (TPSA) is 52.6 Å². The third-order valence-electron chi connectivity index (χ3n) is 3.77. The van der Waals surface area contributed by atoms with Crippen molar-refractivity contribution in [3.63, 3.8) is 0 Å². The van der Waals surface area contributed by atoms with Gasteiger partial charge in [-0.05, 0) is 31.9 Å². The summed E-state index contributed by atoms with van der Waals surface area (Å²) < 4.78 is 0. The molecule has 1 fully saturated rings. The Morgan fingerprint density at radius 1 is 1.42 bits per heavy atom. The molecule has 0 aromatic heterocycles. The smallest absolute Gasteiger partial charge is 0.303 e. The number of nitrogens with one attached hydrogen (secondary N) is 1. The summed E-state index contributed by atoms with van der Waals surface area (Å²) in [6.45, 7) is 6.09. The summed E-state index contributed by atoms with van der Waals surface area (Å²) in [6.07, 6.45) is 0.905. The Kier molecular flexibility index (Phi) is 4.43. The highest BCUT2D eigenvalue weighted by Crippen LogP contribution is 2.27. The van der Waals surface area contributed by atoms with Gasteiger partial charge in [0.05, 0.1) is 0 Å². The SMILES string of the molecule is Cc1ccccc1N1C(C)CNCC1CCC(=O)O. The van der Waals surface area contributed by atoms with Crippen LogP contribution in [0.2, 0.25) is 0 Å². The number of nitrogens with zero attached hydrogens (tertiary/aromatic N) is 1. The lowest BCUT2D eigenvalue weighted by Gasteiger charge is -2.43. The number of carbonyl (C=O) groups is 1. The van der Waals surface area contributed by atoms with E-state index < -0.39 is 5.97 Å². The van der Waals surface area contributed by atoms with Gasteiger partial charge < -0.3 is 15.3 Å². The van der Waals surface area contributed by atoms with Gasteiger partial charge in [0, 0.05) is 37.3 Å². The van der Waals surface area contributed by atoms with Crippen molar-refractivity contribution >= 4 is 11.7 Å². The number of para-hydroxylation sites is 1. The molecule has 0 radical (unpaired) electrons. The monoisotopic (exact) mass is 262 g/mol. The molecule has 1 aromatic carbocycles. The number of carboxylic acids is 1. The lowest BCUT2D eigenvalue weighted by molar-refractivity contribution is -0.137. The maximum atomic E-state index is 10.8. The van der Waals surface area contributed by atoms with E-state index in [9.17, 15) is 4.79 Å². The number of piperazine rings is 1. The maximum absolute atomic E-state index is 10.8. The fourth-order valence-electron chi connectivity index (χ4n) is 2.83. The molecule has 1 aliphatic heterocycles. The van der Waals surface area contributed by atoms with E-state index in [0.717, 1.165) is 13.1 Å². The van der Waals surface area contributed by atoms with Crippen LogP contribution in [-0.2, 0) is 4.79 Å². The van der Waals surface area contributed by atoms with Gasteiger partial charge in [0.25, 0.3) is 0 Å². The minimum atomic E-state index is -0.719. The van der Waals surface area contributed by atoms with Crippen molar-refractivity contribution in [2.75, 3.05) is 18.0 Å². The number of rotatable bonds is 4. The molecule has 0 aliphatic carbocycles. The van der Waals surface area contributed by atoms with E-state index in [1.165, 1.54) is 11.3 Å². The van der Waals surface area contributed by atoms with Crippen LogP contribution in [-0.4, -0.2) is 36.2 Å². The van der Waals surface area contributed by atoms with Crippen molar-refractivity contribution in [2.24, 2.45) is 0 Å². The molecule has 0 bridgehead atoms. The number of aliphatic carboxylic acids is 1. The summed E-state index contributed by atoms with van der Waals surface area (Å²) in [5, 5.41) is 12.3. The average Bonchev–Trinajstić information content (AvgIpc) is 2.37. The predicted molar refractivity (Wildman–Crippen MR) is 76.6 cm³/mol. The first-order chi connectivity index (χ1) is 9.09. The number of carboxylic acid groups (broad SMARTS) is 1. The van der Waals surface area contributed by atoms with Crippen LogP contribution in [0, 0.1) is 6.92 Å². The molecule has 19 heavy (non-hydrogen) atoms. The maximum Gasteiger partial charge on any atom is 0.303 e. The highest BCUT2D eigenvalue weighted by atomic mass is 16.4. The molecule has 4 heteroatoms. The van der Waals surface area contributed by atoms with Crippen molar-refractivity contribution in [1.29, 1.82) is 0 Å². The Balaban J connectivity index is 2.21. The Labute approximate surface area is 114 Å². The lowest BCUT2D eigenvalue weighted by Crippen LogP contribution is -2.56. The van der Waals surface area contributed by atoms with Crippen LogP contribution in [0.15, 0.2) is 24.3 Å². The van der Waals surface area contributed by atoms with E-state index >= 15 is 0 Å². The minimum absolute atomic E-state index is 0.224. The van der Waals surface area contributed by atoms with Crippen LogP contribution < -0.4 is 10.2 Å². The number of hydrogen-bond donors (Lipinski definition) is 2. The minimum Gasteiger partial charge on any atom is -0.481 e. The molecule has 1 saturated heterocycles. The summed E-state index contributed by atoms with van der Waals surface area (Å²) in [7, 11) is 0. The van der Waals surface area contributed by atoms with Gasteiger partial charge in [-0.3, -0.25) is 4.79 Å². The molecule has 2 N–H and O–H groups in total. The highest BCUT2D eigenvalue weighted by Gasteiger charge is 2.28. The second kappa shape index (κ2) is 6.06. The molecule has 2 unspecified atom stereocenters. The average molecular weight is 262 g/mol. The molecule has 1 aromatic rings. The lowest BCUT2D eigenvalue weighted by atomic mass is 10.0. The summed E-state index contributed by atoms with van der Waals surface area (Å²) >= 11 is 0. The molecule has 4 nitrogen and oxygen atoms in total. The van der Waals surface area contributed by atoms with E-state index in [1.807, 2.05) is 12.1 Å². The molecule has 1 heterocycles. The first-order valence-corrected chi connectivity index (χ1v) is 6.86. The van der Waals surface area contributed by atoms with Crippen LogP contribution in [0.3, 0.4) is 0 Å². The van der Waals surface area contributed by atoms with Crippen molar-refractivity contribution in [1.82, 2.24) is 5.32 Å². The van der Waals surface area contributed by atoms with E-state index in [0.29, 0.717) is 12.5 Å². The van der Waals surface area contributed by atoms with E-state index in [-0.39, 0.29) is 12.5 Å². The number of aryl methyl sites for hydroxylation is 1. The number of benzene rings is 1. The van der Waals surface area contributed by atoms with Crippen LogP contribution in [0.4, 0.5) is 5.69 Å². The largest absolute Gasteiger partial charge is 0.481 e. The van der Waals surface area contributed by atoms with Gasteiger partial charge in [0.2, 0.25) is 0 Å². The summed E-state index contributed by atoms with van der Waals surface area (Å²) in [6, 6.07) is 8.96. The molecule has 2 atom stereocenters. The molecular weight excluding hydrogens is 240 g/mol. The zero-order valence-corrected chi connectivity index (χ0v) is 11.6. The van der Waals surface area contributed by atoms with Gasteiger partial charge >= 0.3 is 5.97 Å². The molecule has 0 spiro atoms. The van der Waals surface area contributed by atoms with Crippen LogP contribution in [0.25, 0.3) is 0 Å². The van der Waals surface area contributed by atoms with Gasteiger partial charge in [-0.1, -0.05) is 18.2 Å². The van der Waals surface area contributed by atoms with Crippen LogP contribution >= 0.6 is 0 Å². The van der Waals surface area contributed by atoms with Gasteiger partial charge in [-0.25, -0.2) is 0 Å². The molecular formula is C15H22N2O2. The van der Waals surface area contributed by atoms with Gasteiger partial charge in [0.15, 0.2) is 0 Å². The zero-order valence-electron chi connectivity index (χ0n) is 11.6. The summed E-state index contributed by atoms with van der Waals surface area (Å²) in [5.41, 5.74) is 2.48. The fourth-order valence-corrected chi connectivity index (χ4v) is 2.83. The van der Waals surface area contributed by atoms with Gasteiger partial charge in [0.1, 0.15) is 0 Å². The highest BCUT2D eigenvalue weighted by molar-refractivity contribution is 5.67. The number of anilines is 1. The second-order valence-corrected chi connectivity index (χ2v) is 5.29. The standard InChI is InChI=1S/C15H22N2O2/c1-11-5-3-4-6-14(11)17-12(2)9-16-10-13(17)7-8-15(18)19/h3-6,12-13,16H,7-10H2,1-2H3,(H,18,19). The Morgan fingerprint density at radius 2 is 2.16 bits per heavy atom. The van der Waals surface area contributed by atoms with Crippen LogP contribution in [0.5, 0.6) is 0 Å². The fraction of sp³-hybridized carbons (Fsp3) is 0.533. The first-order valence-electron chi connectivity index (χ1n) is 6.86. The molecule has 0 amide bonds. The van der Waals surface area contributed by atoms with Gasteiger partial charge in [-0.15, -0.1) is 0 Å². The number of hydrogen-bond acceptors (Lipinski definition) is 3. The van der Waals surface area contributed by atoms with Crippen molar-refractivity contribution < 1.29 is 9.90 Å². The molecule has 0 saturated carbocycles. The summed E-state index contributed by atoms with van der Waals surface area (Å²) in [5.74, 6) is -0.719. The third kappa shape index (κ3) is 3.26. The summed E-state index contributed by atoms with van der Waals surface area (Å²) in [4.78, 5) is 13.2.